The van der Waals surface area contributed by atoms with Crippen LogP contribution < -0.4 is 10.6 Å². The van der Waals surface area contributed by atoms with Gasteiger partial charge in [0.1, 0.15) is 5.75 Å². The van der Waals surface area contributed by atoms with Crippen LogP contribution in [0.15, 0.2) is 24.3 Å². The monoisotopic (exact) mass is 236 g/mol. The third-order valence-corrected chi connectivity index (χ3v) is 2.09. The van der Waals surface area contributed by atoms with E-state index in [0.717, 1.165) is 6.42 Å². The molecular weight excluding hydrogens is 220 g/mol. The molecule has 0 saturated carbocycles. The lowest BCUT2D eigenvalue weighted by Crippen LogP contribution is -2.37. The molecule has 0 aromatic heterocycles. The van der Waals surface area contributed by atoms with E-state index in [0.29, 0.717) is 12.1 Å². The van der Waals surface area contributed by atoms with Gasteiger partial charge in [0, 0.05) is 12.1 Å². The van der Waals surface area contributed by atoms with E-state index in [4.69, 9.17) is 0 Å². The maximum absolute atomic E-state index is 11.6. The van der Waals surface area contributed by atoms with Gasteiger partial charge in [0.05, 0.1) is 6.54 Å². The predicted octanol–water partition coefficient (Wildman–Crippen LogP) is 0.648. The Kier molecular flexibility index (Phi) is 5.00. The van der Waals surface area contributed by atoms with Crippen molar-refractivity contribution in [2.24, 2.45) is 0 Å². The zero-order chi connectivity index (χ0) is 12.7. The number of aromatic hydroxyl groups is 1. The fourth-order valence-corrected chi connectivity index (χ4v) is 1.24. The van der Waals surface area contributed by atoms with Crippen molar-refractivity contribution in [3.63, 3.8) is 0 Å². The SMILES string of the molecule is CCCNC(=O)CNC(=O)c1cccc(O)c1. The molecule has 0 fully saturated rings. The minimum atomic E-state index is -0.382. The molecular formula is C12H16N2O3. The average molecular weight is 236 g/mol. The summed E-state index contributed by atoms with van der Waals surface area (Å²) in [6, 6.07) is 5.96. The summed E-state index contributed by atoms with van der Waals surface area (Å²) in [6.45, 7) is 2.49. The minimum absolute atomic E-state index is 0.0214. The standard InChI is InChI=1S/C12H16N2O3/c1-2-6-13-11(16)8-14-12(17)9-4-3-5-10(15)7-9/h3-5,7,15H,2,6,8H2,1H3,(H,13,16)(H,14,17). The number of carbonyl (C=O) groups excluding carboxylic acids is 2. The summed E-state index contributed by atoms with van der Waals surface area (Å²) >= 11 is 0. The van der Waals surface area contributed by atoms with E-state index in [9.17, 15) is 14.7 Å². The molecule has 5 nitrogen and oxygen atoms in total. The molecule has 1 aromatic rings. The number of amides is 2. The van der Waals surface area contributed by atoms with E-state index in [1.54, 1.807) is 12.1 Å². The van der Waals surface area contributed by atoms with Crippen LogP contribution in [0.25, 0.3) is 0 Å². The number of nitrogens with one attached hydrogen (secondary N) is 2. The first kappa shape index (κ1) is 13.0. The highest BCUT2D eigenvalue weighted by molar-refractivity contribution is 5.96. The van der Waals surface area contributed by atoms with Gasteiger partial charge in [0.2, 0.25) is 5.91 Å². The molecule has 92 valence electrons. The van der Waals surface area contributed by atoms with Gasteiger partial charge < -0.3 is 15.7 Å². The van der Waals surface area contributed by atoms with Crippen LogP contribution in [0.1, 0.15) is 23.7 Å². The molecule has 0 aliphatic heterocycles. The molecule has 1 aromatic carbocycles. The molecule has 17 heavy (non-hydrogen) atoms. The van der Waals surface area contributed by atoms with Gasteiger partial charge >= 0.3 is 0 Å². The van der Waals surface area contributed by atoms with Gasteiger partial charge in [-0.3, -0.25) is 9.59 Å². The van der Waals surface area contributed by atoms with Gasteiger partial charge in [-0.2, -0.15) is 0 Å². The van der Waals surface area contributed by atoms with E-state index in [2.05, 4.69) is 10.6 Å². The average Bonchev–Trinajstić information content (AvgIpc) is 2.33. The predicted molar refractivity (Wildman–Crippen MR) is 63.7 cm³/mol. The molecule has 2 amide bonds. The van der Waals surface area contributed by atoms with Gasteiger partial charge in [0.15, 0.2) is 0 Å². The normalized spacial score (nSPS) is 9.71. The Labute approximate surface area is 99.8 Å². The van der Waals surface area contributed by atoms with Crippen molar-refractivity contribution in [1.29, 1.82) is 0 Å². The Morgan fingerprint density at radius 1 is 1.29 bits per heavy atom. The van der Waals surface area contributed by atoms with Crippen LogP contribution in [-0.4, -0.2) is 30.0 Å². The Hall–Kier alpha value is -2.04. The molecule has 0 atom stereocenters. The summed E-state index contributed by atoms with van der Waals surface area (Å²) in [4.78, 5) is 22.8. The first-order chi connectivity index (χ1) is 8.13. The molecule has 0 aliphatic carbocycles. The zero-order valence-corrected chi connectivity index (χ0v) is 9.69. The molecule has 0 bridgehead atoms. The largest absolute Gasteiger partial charge is 0.508 e. The lowest BCUT2D eigenvalue weighted by molar-refractivity contribution is -0.120. The maximum Gasteiger partial charge on any atom is 0.251 e. The molecule has 0 saturated heterocycles. The highest BCUT2D eigenvalue weighted by Crippen LogP contribution is 2.10. The van der Waals surface area contributed by atoms with Crippen molar-refractivity contribution in [2.45, 2.75) is 13.3 Å². The second-order valence-electron chi connectivity index (χ2n) is 3.58. The van der Waals surface area contributed by atoms with E-state index in [1.165, 1.54) is 12.1 Å². The molecule has 0 unspecified atom stereocenters. The molecule has 3 N–H and O–H groups in total. The Balaban J connectivity index is 2.42. The smallest absolute Gasteiger partial charge is 0.251 e. The molecule has 5 heteroatoms. The highest BCUT2D eigenvalue weighted by atomic mass is 16.3. The van der Waals surface area contributed by atoms with Crippen LogP contribution in [0.5, 0.6) is 5.75 Å². The molecule has 0 aliphatic rings. The van der Waals surface area contributed by atoms with Crippen molar-refractivity contribution in [3.05, 3.63) is 29.8 Å². The van der Waals surface area contributed by atoms with E-state index in [-0.39, 0.29) is 24.1 Å². The van der Waals surface area contributed by atoms with Crippen LogP contribution >= 0.6 is 0 Å². The third kappa shape index (κ3) is 4.55. The van der Waals surface area contributed by atoms with Crippen LogP contribution in [0.4, 0.5) is 0 Å². The van der Waals surface area contributed by atoms with Crippen LogP contribution in [0.2, 0.25) is 0 Å². The molecule has 0 spiro atoms. The van der Waals surface area contributed by atoms with Gasteiger partial charge in [-0.25, -0.2) is 0 Å². The molecule has 0 heterocycles. The lowest BCUT2D eigenvalue weighted by Gasteiger charge is -2.06. The summed E-state index contributed by atoms with van der Waals surface area (Å²) in [7, 11) is 0. The van der Waals surface area contributed by atoms with Crippen molar-refractivity contribution in [3.8, 4) is 5.75 Å². The van der Waals surface area contributed by atoms with E-state index in [1.807, 2.05) is 6.92 Å². The maximum atomic E-state index is 11.6. The van der Waals surface area contributed by atoms with Crippen molar-refractivity contribution < 1.29 is 14.7 Å². The van der Waals surface area contributed by atoms with Gasteiger partial charge in [-0.15, -0.1) is 0 Å². The van der Waals surface area contributed by atoms with Crippen LogP contribution in [-0.2, 0) is 4.79 Å². The summed E-state index contributed by atoms with van der Waals surface area (Å²) in [5.74, 6) is -0.582. The quantitative estimate of drug-likeness (QED) is 0.702. The fourth-order valence-electron chi connectivity index (χ4n) is 1.24. The fraction of sp³-hybridized carbons (Fsp3) is 0.333. The summed E-state index contributed by atoms with van der Waals surface area (Å²) < 4.78 is 0. The van der Waals surface area contributed by atoms with E-state index < -0.39 is 0 Å². The van der Waals surface area contributed by atoms with Gasteiger partial charge in [-0.1, -0.05) is 13.0 Å². The number of benzene rings is 1. The van der Waals surface area contributed by atoms with Crippen molar-refractivity contribution in [2.75, 3.05) is 13.1 Å². The van der Waals surface area contributed by atoms with E-state index >= 15 is 0 Å². The van der Waals surface area contributed by atoms with Crippen LogP contribution in [0.3, 0.4) is 0 Å². The van der Waals surface area contributed by atoms with Crippen molar-refractivity contribution >= 4 is 11.8 Å². The molecule has 0 radical (unpaired) electrons. The number of phenolic OH excluding ortho intramolecular Hbond substituents is 1. The Bertz CT molecular complexity index is 404. The number of rotatable bonds is 5. The Morgan fingerprint density at radius 3 is 2.71 bits per heavy atom. The zero-order valence-electron chi connectivity index (χ0n) is 9.69. The molecule has 1 rings (SSSR count). The summed E-state index contributed by atoms with van der Waals surface area (Å²) in [5.41, 5.74) is 0.327. The first-order valence-electron chi connectivity index (χ1n) is 5.47. The minimum Gasteiger partial charge on any atom is -0.508 e. The Morgan fingerprint density at radius 2 is 2.06 bits per heavy atom. The van der Waals surface area contributed by atoms with Gasteiger partial charge in [0.25, 0.3) is 5.91 Å². The third-order valence-electron chi connectivity index (χ3n) is 2.09. The second kappa shape index (κ2) is 6.52. The first-order valence-corrected chi connectivity index (χ1v) is 5.47. The van der Waals surface area contributed by atoms with Crippen LogP contribution in [0, 0.1) is 0 Å². The number of hydrogen-bond acceptors (Lipinski definition) is 3. The number of hydrogen-bond donors (Lipinski definition) is 3. The highest BCUT2D eigenvalue weighted by Gasteiger charge is 2.07. The number of carbonyl (C=O) groups is 2. The van der Waals surface area contributed by atoms with Gasteiger partial charge in [-0.05, 0) is 24.6 Å². The summed E-state index contributed by atoms with van der Waals surface area (Å²) in [6.07, 6.45) is 0.853. The van der Waals surface area contributed by atoms with Crippen molar-refractivity contribution in [1.82, 2.24) is 10.6 Å². The topological polar surface area (TPSA) is 78.4 Å². The lowest BCUT2D eigenvalue weighted by atomic mass is 10.2. The summed E-state index contributed by atoms with van der Waals surface area (Å²) in [5, 5.41) is 14.3. The number of phenols is 1. The second-order valence-corrected chi connectivity index (χ2v) is 3.58.